The van der Waals surface area contributed by atoms with Gasteiger partial charge in [-0.1, -0.05) is 11.8 Å². The maximum atomic E-state index is 12.3. The van der Waals surface area contributed by atoms with Crippen LogP contribution in [-0.2, 0) is 10.5 Å². The Balaban J connectivity index is 2.53. The van der Waals surface area contributed by atoms with Gasteiger partial charge in [0.25, 0.3) is 0 Å². The number of hydrogen-bond donors (Lipinski definition) is 0. The SMILES string of the molecule is CC(=O)SCc1ccc(F)cn1. The molecule has 4 heteroatoms. The minimum atomic E-state index is -0.355. The largest absolute Gasteiger partial charge is 0.288 e. The molecule has 0 aliphatic carbocycles. The highest BCUT2D eigenvalue weighted by atomic mass is 32.2. The Morgan fingerprint density at radius 3 is 2.92 bits per heavy atom. The van der Waals surface area contributed by atoms with E-state index in [1.165, 1.54) is 24.8 Å². The van der Waals surface area contributed by atoms with Gasteiger partial charge in [-0.15, -0.1) is 0 Å². The Hall–Kier alpha value is -0.900. The number of halogens is 1. The summed E-state index contributed by atoms with van der Waals surface area (Å²) in [4.78, 5) is 14.3. The van der Waals surface area contributed by atoms with Crippen molar-refractivity contribution in [3.8, 4) is 0 Å². The molecule has 0 bridgehead atoms. The molecule has 1 heterocycles. The first kappa shape index (κ1) is 9.19. The van der Waals surface area contributed by atoms with Gasteiger partial charge in [0, 0.05) is 12.7 Å². The van der Waals surface area contributed by atoms with Gasteiger partial charge >= 0.3 is 0 Å². The van der Waals surface area contributed by atoms with Crippen LogP contribution in [-0.4, -0.2) is 10.1 Å². The van der Waals surface area contributed by atoms with E-state index in [4.69, 9.17) is 0 Å². The van der Waals surface area contributed by atoms with Crippen LogP contribution in [0.2, 0.25) is 0 Å². The van der Waals surface area contributed by atoms with Crippen LogP contribution in [0, 0.1) is 5.82 Å². The number of pyridine rings is 1. The van der Waals surface area contributed by atoms with Gasteiger partial charge in [0.1, 0.15) is 5.82 Å². The number of nitrogens with zero attached hydrogens (tertiary/aromatic N) is 1. The molecule has 64 valence electrons. The van der Waals surface area contributed by atoms with Crippen molar-refractivity contribution < 1.29 is 9.18 Å². The van der Waals surface area contributed by atoms with E-state index in [0.29, 0.717) is 5.75 Å². The summed E-state index contributed by atoms with van der Waals surface area (Å²) in [5, 5.41) is 0.0427. The van der Waals surface area contributed by atoms with E-state index in [-0.39, 0.29) is 10.9 Å². The van der Waals surface area contributed by atoms with Crippen LogP contribution in [0.5, 0.6) is 0 Å². The Morgan fingerprint density at radius 2 is 2.42 bits per heavy atom. The molecule has 0 saturated carbocycles. The van der Waals surface area contributed by atoms with E-state index in [1.807, 2.05) is 0 Å². The molecular formula is C8H8FNOS. The molecule has 1 aromatic rings. The van der Waals surface area contributed by atoms with E-state index in [0.717, 1.165) is 11.9 Å². The molecule has 0 aliphatic heterocycles. The maximum absolute atomic E-state index is 12.3. The number of carbonyl (C=O) groups excluding carboxylic acids is 1. The zero-order valence-electron chi connectivity index (χ0n) is 6.58. The number of carbonyl (C=O) groups is 1. The van der Waals surface area contributed by atoms with Crippen LogP contribution in [0.4, 0.5) is 4.39 Å². The van der Waals surface area contributed by atoms with Crippen LogP contribution < -0.4 is 0 Å². The lowest BCUT2D eigenvalue weighted by Crippen LogP contribution is -1.89. The van der Waals surface area contributed by atoms with Crippen molar-refractivity contribution in [3.05, 3.63) is 29.8 Å². The van der Waals surface area contributed by atoms with Crippen LogP contribution in [0.25, 0.3) is 0 Å². The molecule has 0 aromatic carbocycles. The smallest absolute Gasteiger partial charge is 0.186 e. The molecule has 0 N–H and O–H groups in total. The number of hydrogen-bond acceptors (Lipinski definition) is 3. The van der Waals surface area contributed by atoms with Crippen molar-refractivity contribution in [1.82, 2.24) is 4.98 Å². The Kier molecular flexibility index (Phi) is 3.22. The lowest BCUT2D eigenvalue weighted by molar-refractivity contribution is -0.109. The Morgan fingerprint density at radius 1 is 1.67 bits per heavy atom. The highest BCUT2D eigenvalue weighted by Gasteiger charge is 1.98. The topological polar surface area (TPSA) is 30.0 Å². The molecule has 2 nitrogen and oxygen atoms in total. The summed E-state index contributed by atoms with van der Waals surface area (Å²) in [7, 11) is 0. The van der Waals surface area contributed by atoms with Crippen molar-refractivity contribution in [2.24, 2.45) is 0 Å². The molecule has 0 atom stereocenters. The molecule has 0 spiro atoms. The molecule has 1 aromatic heterocycles. The van der Waals surface area contributed by atoms with E-state index in [2.05, 4.69) is 4.98 Å². The average molecular weight is 185 g/mol. The maximum Gasteiger partial charge on any atom is 0.186 e. The van der Waals surface area contributed by atoms with Gasteiger partial charge in [0.15, 0.2) is 5.12 Å². The van der Waals surface area contributed by atoms with E-state index >= 15 is 0 Å². The fourth-order valence-corrected chi connectivity index (χ4v) is 1.19. The highest BCUT2D eigenvalue weighted by molar-refractivity contribution is 8.12. The van der Waals surface area contributed by atoms with Crippen molar-refractivity contribution in [1.29, 1.82) is 0 Å². The Labute approximate surface area is 74.2 Å². The number of thioether (sulfide) groups is 1. The average Bonchev–Trinajstić information content (AvgIpc) is 2.03. The summed E-state index contributed by atoms with van der Waals surface area (Å²) >= 11 is 1.17. The second kappa shape index (κ2) is 4.21. The fraction of sp³-hybridized carbons (Fsp3) is 0.250. The second-order valence-electron chi connectivity index (χ2n) is 2.25. The van der Waals surface area contributed by atoms with Crippen molar-refractivity contribution in [2.75, 3.05) is 0 Å². The zero-order valence-corrected chi connectivity index (χ0v) is 7.40. The fourth-order valence-electron chi connectivity index (χ4n) is 0.667. The van der Waals surface area contributed by atoms with Crippen LogP contribution >= 0.6 is 11.8 Å². The second-order valence-corrected chi connectivity index (χ2v) is 3.40. The minimum absolute atomic E-state index is 0.0427. The molecule has 0 fully saturated rings. The van der Waals surface area contributed by atoms with E-state index < -0.39 is 0 Å². The predicted molar refractivity (Wildman–Crippen MR) is 46.2 cm³/mol. The number of rotatable bonds is 2. The van der Waals surface area contributed by atoms with Crippen molar-refractivity contribution in [2.45, 2.75) is 12.7 Å². The normalized spacial score (nSPS) is 9.83. The van der Waals surface area contributed by atoms with Gasteiger partial charge in [0.05, 0.1) is 11.9 Å². The lowest BCUT2D eigenvalue weighted by atomic mass is 10.4. The molecule has 1 rings (SSSR count). The van der Waals surface area contributed by atoms with E-state index in [1.54, 1.807) is 6.07 Å². The zero-order chi connectivity index (χ0) is 8.97. The van der Waals surface area contributed by atoms with Gasteiger partial charge in [-0.05, 0) is 12.1 Å². The summed E-state index contributed by atoms with van der Waals surface area (Å²) in [6.45, 7) is 1.49. The minimum Gasteiger partial charge on any atom is -0.288 e. The van der Waals surface area contributed by atoms with E-state index in [9.17, 15) is 9.18 Å². The van der Waals surface area contributed by atoms with Gasteiger partial charge < -0.3 is 0 Å². The molecule has 0 saturated heterocycles. The molecule has 0 unspecified atom stereocenters. The highest BCUT2D eigenvalue weighted by Crippen LogP contribution is 2.10. The molecule has 0 aliphatic rings. The third-order valence-corrected chi connectivity index (χ3v) is 2.06. The molecule has 0 amide bonds. The van der Waals surface area contributed by atoms with Gasteiger partial charge in [-0.3, -0.25) is 9.78 Å². The van der Waals surface area contributed by atoms with Crippen molar-refractivity contribution >= 4 is 16.9 Å². The van der Waals surface area contributed by atoms with Crippen LogP contribution in [0.15, 0.2) is 18.3 Å². The van der Waals surface area contributed by atoms with Crippen LogP contribution in [0.1, 0.15) is 12.6 Å². The summed E-state index contributed by atoms with van der Waals surface area (Å²) in [5.74, 6) is 0.155. The first-order valence-electron chi connectivity index (χ1n) is 3.42. The summed E-state index contributed by atoms with van der Waals surface area (Å²) < 4.78 is 12.3. The molecule has 12 heavy (non-hydrogen) atoms. The van der Waals surface area contributed by atoms with Crippen molar-refractivity contribution in [3.63, 3.8) is 0 Å². The van der Waals surface area contributed by atoms with Crippen LogP contribution in [0.3, 0.4) is 0 Å². The molecular weight excluding hydrogens is 177 g/mol. The predicted octanol–water partition coefficient (Wildman–Crippen LogP) is 2.00. The van der Waals surface area contributed by atoms with Gasteiger partial charge in [-0.25, -0.2) is 4.39 Å². The monoisotopic (exact) mass is 185 g/mol. The number of aromatic nitrogens is 1. The van der Waals surface area contributed by atoms with Gasteiger partial charge in [0.2, 0.25) is 0 Å². The summed E-state index contributed by atoms with van der Waals surface area (Å²) in [5.41, 5.74) is 0.719. The third kappa shape index (κ3) is 3.00. The summed E-state index contributed by atoms with van der Waals surface area (Å²) in [6, 6.07) is 2.91. The third-order valence-electron chi connectivity index (χ3n) is 1.21. The van der Waals surface area contributed by atoms with Gasteiger partial charge in [-0.2, -0.15) is 0 Å². The summed E-state index contributed by atoms with van der Waals surface area (Å²) in [6.07, 6.45) is 1.15. The first-order valence-corrected chi connectivity index (χ1v) is 4.41. The quantitative estimate of drug-likeness (QED) is 0.705. The Bertz CT molecular complexity index is 273. The molecule has 0 radical (unpaired) electrons. The first-order chi connectivity index (χ1) is 5.68. The lowest BCUT2D eigenvalue weighted by Gasteiger charge is -1.96. The standard InChI is InChI=1S/C8H8FNOS/c1-6(11)12-5-8-3-2-7(9)4-10-8/h2-4H,5H2,1H3.